The molecule has 2 fully saturated rings. The summed E-state index contributed by atoms with van der Waals surface area (Å²) in [6.45, 7) is 3.32. The van der Waals surface area contributed by atoms with E-state index in [0.29, 0.717) is 5.76 Å². The third kappa shape index (κ3) is 2.33. The zero-order chi connectivity index (χ0) is 11.8. The summed E-state index contributed by atoms with van der Waals surface area (Å²) >= 11 is 5.65. The zero-order valence-electron chi connectivity index (χ0n) is 9.49. The van der Waals surface area contributed by atoms with Gasteiger partial charge in [-0.3, -0.25) is 4.79 Å². The van der Waals surface area contributed by atoms with Gasteiger partial charge in [0.1, 0.15) is 0 Å². The number of rotatable bonds is 2. The lowest BCUT2D eigenvalue weighted by atomic mass is 9.97. The van der Waals surface area contributed by atoms with E-state index in [1.807, 2.05) is 0 Å². The van der Waals surface area contributed by atoms with E-state index in [0.717, 1.165) is 18.9 Å². The van der Waals surface area contributed by atoms with E-state index in [4.69, 9.17) is 16.0 Å². The third-order valence-corrected chi connectivity index (χ3v) is 3.80. The quantitative estimate of drug-likeness (QED) is 0.875. The third-order valence-electron chi connectivity index (χ3n) is 3.60. The summed E-state index contributed by atoms with van der Waals surface area (Å²) in [6.07, 6.45) is 2.34. The maximum atomic E-state index is 11.9. The van der Waals surface area contributed by atoms with Crippen molar-refractivity contribution in [1.29, 1.82) is 0 Å². The Morgan fingerprint density at radius 3 is 3.06 bits per heavy atom. The highest BCUT2D eigenvalue weighted by molar-refractivity contribution is 6.29. The van der Waals surface area contributed by atoms with Crippen LogP contribution in [0.15, 0.2) is 16.5 Å². The molecule has 1 N–H and O–H groups in total. The van der Waals surface area contributed by atoms with E-state index in [9.17, 15) is 4.79 Å². The highest BCUT2D eigenvalue weighted by Gasteiger charge is 2.33. The number of piperidine rings is 1. The molecule has 2 saturated heterocycles. The van der Waals surface area contributed by atoms with Gasteiger partial charge in [-0.25, -0.2) is 0 Å². The van der Waals surface area contributed by atoms with Gasteiger partial charge < -0.3 is 14.6 Å². The lowest BCUT2D eigenvalue weighted by molar-refractivity contribution is 0.0881. The van der Waals surface area contributed by atoms with Crippen LogP contribution in [-0.2, 0) is 0 Å². The van der Waals surface area contributed by atoms with Gasteiger partial charge in [-0.15, -0.1) is 0 Å². The number of furan rings is 1. The number of halogens is 1. The summed E-state index contributed by atoms with van der Waals surface area (Å²) in [7, 11) is 0. The number of carbonyl (C=O) groups excluding carboxylic acids is 1. The van der Waals surface area contributed by atoms with Gasteiger partial charge in [0.2, 0.25) is 0 Å². The Balaban J connectivity index is 1.62. The number of fused-ring (bicyclic) bond motifs is 2. The molecule has 17 heavy (non-hydrogen) atoms. The first-order valence-electron chi connectivity index (χ1n) is 5.99. The van der Waals surface area contributed by atoms with E-state index >= 15 is 0 Å². The van der Waals surface area contributed by atoms with Crippen LogP contribution in [0.5, 0.6) is 0 Å². The first kappa shape index (κ1) is 11.1. The van der Waals surface area contributed by atoms with E-state index in [1.165, 1.54) is 19.5 Å². The van der Waals surface area contributed by atoms with Crippen LogP contribution >= 0.6 is 11.6 Å². The van der Waals surface area contributed by atoms with Gasteiger partial charge in [0, 0.05) is 19.1 Å². The second kappa shape index (κ2) is 4.35. The maximum absolute atomic E-state index is 11.9. The fourth-order valence-corrected chi connectivity index (χ4v) is 3.00. The molecule has 3 rings (SSSR count). The first-order chi connectivity index (χ1) is 8.20. The van der Waals surface area contributed by atoms with Crippen LogP contribution in [0.2, 0.25) is 5.22 Å². The molecule has 1 aromatic heterocycles. The van der Waals surface area contributed by atoms with E-state index in [-0.39, 0.29) is 17.2 Å². The van der Waals surface area contributed by atoms with Gasteiger partial charge in [-0.1, -0.05) is 0 Å². The Morgan fingerprint density at radius 1 is 1.47 bits per heavy atom. The number of hydrogen-bond acceptors (Lipinski definition) is 3. The largest absolute Gasteiger partial charge is 0.440 e. The highest BCUT2D eigenvalue weighted by Crippen LogP contribution is 2.26. The van der Waals surface area contributed by atoms with Crippen molar-refractivity contribution in [1.82, 2.24) is 10.2 Å². The van der Waals surface area contributed by atoms with Gasteiger partial charge in [0.25, 0.3) is 5.91 Å². The lowest BCUT2D eigenvalue weighted by Gasteiger charge is -2.30. The summed E-state index contributed by atoms with van der Waals surface area (Å²) in [5, 5.41) is 3.27. The molecular weight excluding hydrogens is 240 g/mol. The predicted molar refractivity (Wildman–Crippen MR) is 64.1 cm³/mol. The average molecular weight is 255 g/mol. The van der Waals surface area contributed by atoms with Crippen molar-refractivity contribution >= 4 is 17.5 Å². The number of nitrogens with zero attached hydrogens (tertiary/aromatic N) is 1. The van der Waals surface area contributed by atoms with Crippen molar-refractivity contribution in [3.8, 4) is 0 Å². The highest BCUT2D eigenvalue weighted by atomic mass is 35.5. The van der Waals surface area contributed by atoms with Gasteiger partial charge in [0.05, 0.1) is 0 Å². The number of carbonyl (C=O) groups is 1. The summed E-state index contributed by atoms with van der Waals surface area (Å²) in [6, 6.07) is 3.44. The molecule has 3 heterocycles. The molecule has 0 saturated carbocycles. The van der Waals surface area contributed by atoms with Crippen molar-refractivity contribution in [3.63, 3.8) is 0 Å². The standard InChI is InChI=1S/C12H15ClN2O2/c13-11-2-1-10(17-11)12(16)14-9-5-8-3-4-15(6-8)7-9/h1-2,8-9H,3-7H2,(H,14,16). The molecule has 92 valence electrons. The normalized spacial score (nSPS) is 31.5. The van der Waals surface area contributed by atoms with Crippen LogP contribution in [0.1, 0.15) is 23.4 Å². The molecular formula is C12H15ClN2O2. The molecule has 3 atom stereocenters. The van der Waals surface area contributed by atoms with Crippen LogP contribution in [0.25, 0.3) is 0 Å². The average Bonchev–Trinajstić information content (AvgIpc) is 2.85. The molecule has 0 aliphatic carbocycles. The molecule has 2 aliphatic heterocycles. The van der Waals surface area contributed by atoms with E-state index < -0.39 is 0 Å². The van der Waals surface area contributed by atoms with Gasteiger partial charge in [-0.2, -0.15) is 0 Å². The molecule has 1 aromatic rings. The minimum atomic E-state index is -0.163. The Hall–Kier alpha value is -1.00. The van der Waals surface area contributed by atoms with Crippen molar-refractivity contribution in [3.05, 3.63) is 23.1 Å². The second-order valence-corrected chi connectivity index (χ2v) is 5.30. The second-order valence-electron chi connectivity index (χ2n) is 4.92. The van der Waals surface area contributed by atoms with Crippen LogP contribution < -0.4 is 5.32 Å². The van der Waals surface area contributed by atoms with Crippen molar-refractivity contribution in [2.24, 2.45) is 5.92 Å². The Kier molecular flexibility index (Phi) is 2.84. The fourth-order valence-electron chi connectivity index (χ4n) is 2.86. The van der Waals surface area contributed by atoms with E-state index in [1.54, 1.807) is 12.1 Å². The summed E-state index contributed by atoms with van der Waals surface area (Å²) in [5.41, 5.74) is 0. The topological polar surface area (TPSA) is 45.5 Å². The molecule has 3 unspecified atom stereocenters. The Morgan fingerprint density at radius 2 is 2.35 bits per heavy atom. The minimum absolute atomic E-state index is 0.163. The Bertz CT molecular complexity index is 420. The molecule has 0 radical (unpaired) electrons. The molecule has 5 heteroatoms. The zero-order valence-corrected chi connectivity index (χ0v) is 10.2. The maximum Gasteiger partial charge on any atom is 0.287 e. The van der Waals surface area contributed by atoms with Gasteiger partial charge in [0.15, 0.2) is 11.0 Å². The monoisotopic (exact) mass is 254 g/mol. The number of hydrogen-bond donors (Lipinski definition) is 1. The van der Waals surface area contributed by atoms with Crippen LogP contribution in [0.3, 0.4) is 0 Å². The molecule has 0 spiro atoms. The fraction of sp³-hybridized carbons (Fsp3) is 0.583. The molecule has 0 aromatic carbocycles. The van der Waals surface area contributed by atoms with Crippen molar-refractivity contribution < 1.29 is 9.21 Å². The minimum Gasteiger partial charge on any atom is -0.440 e. The molecule has 2 bridgehead atoms. The Labute approximate surface area is 105 Å². The van der Waals surface area contributed by atoms with Crippen LogP contribution in [-0.4, -0.2) is 36.5 Å². The van der Waals surface area contributed by atoms with Crippen molar-refractivity contribution in [2.45, 2.75) is 18.9 Å². The summed E-state index contributed by atoms with van der Waals surface area (Å²) < 4.78 is 5.10. The van der Waals surface area contributed by atoms with Crippen LogP contribution in [0, 0.1) is 5.92 Å². The molecule has 1 amide bonds. The summed E-state index contributed by atoms with van der Waals surface area (Å²) in [4.78, 5) is 14.3. The number of amides is 1. The predicted octanol–water partition coefficient (Wildman–Crippen LogP) is 1.76. The summed E-state index contributed by atoms with van der Waals surface area (Å²) in [5.74, 6) is 0.876. The van der Waals surface area contributed by atoms with Crippen LogP contribution in [0.4, 0.5) is 0 Å². The molecule has 2 aliphatic rings. The lowest BCUT2D eigenvalue weighted by Crippen LogP contribution is -2.46. The van der Waals surface area contributed by atoms with Crippen molar-refractivity contribution in [2.75, 3.05) is 19.6 Å². The van der Waals surface area contributed by atoms with Gasteiger partial charge in [-0.05, 0) is 49.0 Å². The van der Waals surface area contributed by atoms with Gasteiger partial charge >= 0.3 is 0 Å². The van der Waals surface area contributed by atoms with E-state index in [2.05, 4.69) is 10.2 Å². The number of nitrogens with one attached hydrogen (secondary N) is 1. The SMILES string of the molecule is O=C(NC1CC2CCN(C2)C1)c1ccc(Cl)o1. The smallest absolute Gasteiger partial charge is 0.287 e. The molecule has 4 nitrogen and oxygen atoms in total. The first-order valence-corrected chi connectivity index (χ1v) is 6.37.